The molecule has 1 fully saturated rings. The topological polar surface area (TPSA) is 73.2 Å². The summed E-state index contributed by atoms with van der Waals surface area (Å²) in [5.41, 5.74) is 0. The highest BCUT2D eigenvalue weighted by atomic mass is 32.2. The van der Waals surface area contributed by atoms with Gasteiger partial charge in [0.2, 0.25) is 10.0 Å². The minimum Gasteiger partial charge on any atom is -0.311 e. The van der Waals surface area contributed by atoms with E-state index >= 15 is 0 Å². The third-order valence-electron chi connectivity index (χ3n) is 3.02. The van der Waals surface area contributed by atoms with Gasteiger partial charge in [0.15, 0.2) is 5.75 Å². The molecule has 92 valence electrons. The molecule has 5 nitrogen and oxygen atoms in total. The van der Waals surface area contributed by atoms with E-state index in [2.05, 4.69) is 5.32 Å². The van der Waals surface area contributed by atoms with E-state index in [1.54, 1.807) is 6.07 Å². The van der Waals surface area contributed by atoms with Gasteiger partial charge in [-0.25, -0.2) is 8.42 Å². The Morgan fingerprint density at radius 2 is 2.12 bits per heavy atom. The van der Waals surface area contributed by atoms with Crippen molar-refractivity contribution in [1.82, 2.24) is 9.62 Å². The number of hydrogen-bond acceptors (Lipinski definition) is 4. The Labute approximate surface area is 97.5 Å². The SMILES string of the molecule is CCC1CN(S(=O)(=O)CC#N)C(CC)CN1. The third kappa shape index (κ3) is 2.94. The summed E-state index contributed by atoms with van der Waals surface area (Å²) in [4.78, 5) is 0. The van der Waals surface area contributed by atoms with Gasteiger partial charge in [-0.1, -0.05) is 13.8 Å². The molecule has 2 unspecified atom stereocenters. The Bertz CT molecular complexity index is 361. The highest BCUT2D eigenvalue weighted by molar-refractivity contribution is 7.89. The van der Waals surface area contributed by atoms with Crippen LogP contribution in [0.4, 0.5) is 0 Å². The zero-order valence-electron chi connectivity index (χ0n) is 9.81. The van der Waals surface area contributed by atoms with E-state index in [-0.39, 0.29) is 12.1 Å². The van der Waals surface area contributed by atoms with Gasteiger partial charge in [-0.05, 0) is 12.8 Å². The van der Waals surface area contributed by atoms with Crippen molar-refractivity contribution in [1.29, 1.82) is 5.26 Å². The molecule has 0 amide bonds. The summed E-state index contributed by atoms with van der Waals surface area (Å²) in [6.07, 6.45) is 1.67. The smallest absolute Gasteiger partial charge is 0.227 e. The number of nitrogens with zero attached hydrogens (tertiary/aromatic N) is 2. The van der Waals surface area contributed by atoms with Crippen LogP contribution in [0.5, 0.6) is 0 Å². The lowest BCUT2D eigenvalue weighted by Crippen LogP contribution is -2.58. The van der Waals surface area contributed by atoms with E-state index in [9.17, 15) is 8.42 Å². The molecule has 6 heteroatoms. The van der Waals surface area contributed by atoms with Gasteiger partial charge < -0.3 is 5.32 Å². The van der Waals surface area contributed by atoms with Crippen molar-refractivity contribution < 1.29 is 8.42 Å². The molecule has 0 aromatic rings. The minimum absolute atomic E-state index is 0.0128. The summed E-state index contributed by atoms with van der Waals surface area (Å²) in [6.45, 7) is 5.16. The Morgan fingerprint density at radius 3 is 2.62 bits per heavy atom. The fourth-order valence-electron chi connectivity index (χ4n) is 1.96. The molecule has 2 atom stereocenters. The molecule has 0 aliphatic carbocycles. The number of sulfonamides is 1. The number of nitrogens with one attached hydrogen (secondary N) is 1. The quantitative estimate of drug-likeness (QED) is 0.773. The van der Waals surface area contributed by atoms with E-state index in [1.165, 1.54) is 4.31 Å². The molecule has 0 spiro atoms. The van der Waals surface area contributed by atoms with Crippen LogP contribution >= 0.6 is 0 Å². The lowest BCUT2D eigenvalue weighted by molar-refractivity contribution is 0.216. The predicted octanol–water partition coefficient (Wildman–Crippen LogP) is 0.302. The molecule has 1 aliphatic rings. The first kappa shape index (κ1) is 13.4. The van der Waals surface area contributed by atoms with E-state index in [0.29, 0.717) is 13.1 Å². The van der Waals surface area contributed by atoms with Crippen LogP contribution < -0.4 is 5.32 Å². The van der Waals surface area contributed by atoms with Crippen molar-refractivity contribution in [3.8, 4) is 6.07 Å². The highest BCUT2D eigenvalue weighted by Crippen LogP contribution is 2.16. The molecule has 1 N–H and O–H groups in total. The Hall–Kier alpha value is -0.640. The van der Waals surface area contributed by atoms with Gasteiger partial charge in [0.1, 0.15) is 0 Å². The zero-order valence-corrected chi connectivity index (χ0v) is 10.6. The van der Waals surface area contributed by atoms with Crippen molar-refractivity contribution in [3.05, 3.63) is 0 Å². The first-order valence-corrected chi connectivity index (χ1v) is 7.25. The number of piperazine rings is 1. The molecule has 1 aliphatic heterocycles. The third-order valence-corrected chi connectivity index (χ3v) is 4.67. The fourth-order valence-corrected chi connectivity index (χ4v) is 3.38. The van der Waals surface area contributed by atoms with Crippen LogP contribution in [0.2, 0.25) is 0 Å². The maximum Gasteiger partial charge on any atom is 0.227 e. The summed E-state index contributed by atoms with van der Waals surface area (Å²) in [7, 11) is -3.41. The van der Waals surface area contributed by atoms with Crippen LogP contribution in [0.1, 0.15) is 26.7 Å². The molecular formula is C10H19N3O2S. The molecule has 0 saturated carbocycles. The van der Waals surface area contributed by atoms with Gasteiger partial charge in [0.05, 0.1) is 6.07 Å². The van der Waals surface area contributed by atoms with Crippen molar-refractivity contribution in [2.75, 3.05) is 18.8 Å². The number of hydrogen-bond donors (Lipinski definition) is 1. The Morgan fingerprint density at radius 1 is 1.44 bits per heavy atom. The van der Waals surface area contributed by atoms with Crippen molar-refractivity contribution in [2.24, 2.45) is 0 Å². The number of rotatable bonds is 4. The van der Waals surface area contributed by atoms with Crippen LogP contribution in [0.25, 0.3) is 0 Å². The molecule has 0 aromatic carbocycles. The summed E-state index contributed by atoms with van der Waals surface area (Å²) >= 11 is 0. The molecule has 0 bridgehead atoms. The average molecular weight is 245 g/mol. The lowest BCUT2D eigenvalue weighted by Gasteiger charge is -2.38. The second-order valence-electron chi connectivity index (χ2n) is 4.06. The van der Waals surface area contributed by atoms with E-state index in [0.717, 1.165) is 12.8 Å². The zero-order chi connectivity index (χ0) is 12.2. The molecule has 0 radical (unpaired) electrons. The second kappa shape index (κ2) is 5.62. The summed E-state index contributed by atoms with van der Waals surface area (Å²) in [6, 6.07) is 1.92. The van der Waals surface area contributed by atoms with E-state index < -0.39 is 15.8 Å². The second-order valence-corrected chi connectivity index (χ2v) is 5.98. The first-order chi connectivity index (χ1) is 7.55. The minimum atomic E-state index is -3.41. The maximum absolute atomic E-state index is 11.9. The van der Waals surface area contributed by atoms with Gasteiger partial charge in [0.25, 0.3) is 0 Å². The van der Waals surface area contributed by atoms with Crippen LogP contribution in [0.15, 0.2) is 0 Å². The van der Waals surface area contributed by atoms with Gasteiger partial charge in [-0.2, -0.15) is 9.57 Å². The van der Waals surface area contributed by atoms with Gasteiger partial charge in [0, 0.05) is 25.2 Å². The van der Waals surface area contributed by atoms with E-state index in [1.807, 2.05) is 13.8 Å². The van der Waals surface area contributed by atoms with Crippen LogP contribution in [-0.4, -0.2) is 43.6 Å². The van der Waals surface area contributed by atoms with Gasteiger partial charge in [-0.15, -0.1) is 0 Å². The predicted molar refractivity (Wildman–Crippen MR) is 62.3 cm³/mol. The van der Waals surface area contributed by atoms with Crippen LogP contribution in [0.3, 0.4) is 0 Å². The standard InChI is InChI=1S/C10H19N3O2S/c1-3-9-8-13(10(4-2)7-12-9)16(14,15)6-5-11/h9-10,12H,3-4,6-8H2,1-2H3. The molecule has 1 saturated heterocycles. The van der Waals surface area contributed by atoms with Crippen LogP contribution in [-0.2, 0) is 10.0 Å². The van der Waals surface area contributed by atoms with Crippen LogP contribution in [0, 0.1) is 11.3 Å². The van der Waals surface area contributed by atoms with E-state index in [4.69, 9.17) is 5.26 Å². The molecule has 1 heterocycles. The van der Waals surface area contributed by atoms with Crippen molar-refractivity contribution in [2.45, 2.75) is 38.8 Å². The largest absolute Gasteiger partial charge is 0.311 e. The summed E-state index contributed by atoms with van der Waals surface area (Å²) in [5.74, 6) is -0.417. The van der Waals surface area contributed by atoms with Gasteiger partial charge >= 0.3 is 0 Å². The Kier molecular flexibility index (Phi) is 4.71. The maximum atomic E-state index is 11.9. The lowest BCUT2D eigenvalue weighted by atomic mass is 10.1. The number of nitriles is 1. The fraction of sp³-hybridized carbons (Fsp3) is 0.900. The summed E-state index contributed by atoms with van der Waals surface area (Å²) < 4.78 is 25.3. The highest BCUT2D eigenvalue weighted by Gasteiger charge is 2.34. The van der Waals surface area contributed by atoms with Crippen molar-refractivity contribution >= 4 is 10.0 Å². The monoisotopic (exact) mass is 245 g/mol. The normalized spacial score (nSPS) is 27.6. The molecular weight excluding hydrogens is 226 g/mol. The summed E-state index contributed by atoms with van der Waals surface area (Å²) in [5, 5.41) is 11.9. The molecule has 16 heavy (non-hydrogen) atoms. The molecule has 1 rings (SSSR count). The van der Waals surface area contributed by atoms with Gasteiger partial charge in [-0.3, -0.25) is 0 Å². The molecule has 0 aromatic heterocycles. The Balaban J connectivity index is 2.84. The average Bonchev–Trinajstić information content (AvgIpc) is 2.28. The first-order valence-electron chi connectivity index (χ1n) is 5.65. The van der Waals surface area contributed by atoms with Crippen molar-refractivity contribution in [3.63, 3.8) is 0 Å².